The Morgan fingerprint density at radius 1 is 1.46 bits per heavy atom. The van der Waals surface area contributed by atoms with Crippen molar-refractivity contribution in [1.82, 2.24) is 9.78 Å². The molecule has 0 saturated carbocycles. The fraction of sp³-hybridized carbons (Fsp3) is 0.250. The Balaban J connectivity index is 0.000000845. The van der Waals surface area contributed by atoms with Gasteiger partial charge in [0.15, 0.2) is 0 Å². The van der Waals surface area contributed by atoms with E-state index in [1.807, 2.05) is 42.4 Å². The van der Waals surface area contributed by atoms with Gasteiger partial charge in [-0.05, 0) is 12.3 Å². The van der Waals surface area contributed by atoms with Crippen LogP contribution in [0.2, 0.25) is 0 Å². The fourth-order valence-electron chi connectivity index (χ4n) is 1.23. The number of fused-ring (bicyclic) bond motifs is 1. The summed E-state index contributed by atoms with van der Waals surface area (Å²) in [6.07, 6.45) is 4.05. The van der Waals surface area contributed by atoms with E-state index in [9.17, 15) is 0 Å². The second-order valence-corrected chi connectivity index (χ2v) is 3.31. The summed E-state index contributed by atoms with van der Waals surface area (Å²) in [5, 5.41) is 5.37. The maximum absolute atomic E-state index is 4.35. The number of hydrogen-bond donors (Lipinski definition) is 0. The van der Waals surface area contributed by atoms with Crippen LogP contribution in [0.3, 0.4) is 0 Å². The largest absolute Gasteiger partial charge is 1.00 e. The zero-order valence-corrected chi connectivity index (χ0v) is 10.4. The first-order chi connectivity index (χ1) is 5.83. The number of nitrogens with zero attached hydrogens (tertiary/aromatic N) is 3. The Hall–Kier alpha value is -0.300. The molecule has 2 heterocycles. The lowest BCUT2D eigenvalue weighted by molar-refractivity contribution is -0.556. The van der Waals surface area contributed by atoms with E-state index in [2.05, 4.69) is 9.50 Å². The summed E-state index contributed by atoms with van der Waals surface area (Å²) < 4.78 is 3.95. The van der Waals surface area contributed by atoms with E-state index in [-0.39, 0.29) is 24.0 Å². The van der Waals surface area contributed by atoms with Gasteiger partial charge < -0.3 is 24.0 Å². The van der Waals surface area contributed by atoms with Gasteiger partial charge in [-0.1, -0.05) is 17.8 Å². The van der Waals surface area contributed by atoms with Gasteiger partial charge in [0.2, 0.25) is 0 Å². The van der Waals surface area contributed by atoms with Crippen molar-refractivity contribution in [3.05, 3.63) is 24.4 Å². The molecule has 0 spiro atoms. The van der Waals surface area contributed by atoms with Crippen molar-refractivity contribution in [3.63, 3.8) is 0 Å². The first-order valence-corrected chi connectivity index (χ1v) is 4.93. The van der Waals surface area contributed by atoms with E-state index in [1.165, 1.54) is 0 Å². The van der Waals surface area contributed by atoms with Crippen molar-refractivity contribution in [1.29, 1.82) is 0 Å². The van der Waals surface area contributed by atoms with Crippen LogP contribution in [0.4, 0.5) is 0 Å². The zero-order valence-electron chi connectivity index (χ0n) is 7.44. The molecule has 0 aliphatic rings. The van der Waals surface area contributed by atoms with Crippen LogP contribution in [-0.2, 0) is 7.05 Å². The summed E-state index contributed by atoms with van der Waals surface area (Å²) in [6.45, 7) is 0. The van der Waals surface area contributed by atoms with Crippen molar-refractivity contribution in [2.75, 3.05) is 6.26 Å². The molecule has 2 aromatic heterocycles. The fourth-order valence-corrected chi connectivity index (χ4v) is 1.78. The molecular weight excluding hydrogens is 297 g/mol. The van der Waals surface area contributed by atoms with Gasteiger partial charge in [0.05, 0.1) is 18.3 Å². The molecule has 2 aromatic rings. The highest BCUT2D eigenvalue weighted by molar-refractivity contribution is 7.98. The van der Waals surface area contributed by atoms with Crippen molar-refractivity contribution < 1.29 is 28.4 Å². The molecule has 0 saturated heterocycles. The van der Waals surface area contributed by atoms with Gasteiger partial charge >= 0.3 is 5.16 Å². The smallest absolute Gasteiger partial charge is 0.341 e. The van der Waals surface area contributed by atoms with Crippen molar-refractivity contribution in [3.8, 4) is 0 Å². The van der Waals surface area contributed by atoms with Gasteiger partial charge in [0, 0.05) is 6.07 Å². The molecule has 0 unspecified atom stereocenters. The Bertz CT molecular complexity index is 413. The van der Waals surface area contributed by atoms with Crippen LogP contribution in [0.15, 0.2) is 29.6 Å². The van der Waals surface area contributed by atoms with Gasteiger partial charge in [-0.25, -0.2) is 0 Å². The minimum absolute atomic E-state index is 0. The minimum atomic E-state index is 0. The molecule has 0 amide bonds. The van der Waals surface area contributed by atoms with Crippen LogP contribution in [0.5, 0.6) is 0 Å². The van der Waals surface area contributed by atoms with Crippen LogP contribution in [0, 0.1) is 0 Å². The summed E-state index contributed by atoms with van der Waals surface area (Å²) in [5.41, 5.74) is 1.11. The van der Waals surface area contributed by atoms with E-state index < -0.39 is 0 Å². The van der Waals surface area contributed by atoms with Crippen molar-refractivity contribution >= 4 is 17.4 Å². The summed E-state index contributed by atoms with van der Waals surface area (Å²) >= 11 is 1.65. The van der Waals surface area contributed by atoms with E-state index in [0.717, 1.165) is 10.8 Å². The average Bonchev–Trinajstić information content (AvgIpc) is 2.44. The maximum Gasteiger partial charge on any atom is 0.341 e. The van der Waals surface area contributed by atoms with Crippen molar-refractivity contribution in [2.45, 2.75) is 5.16 Å². The van der Waals surface area contributed by atoms with E-state index in [1.54, 1.807) is 11.8 Å². The lowest BCUT2D eigenvalue weighted by Gasteiger charge is -1.85. The second-order valence-electron chi connectivity index (χ2n) is 2.54. The number of aryl methyl sites for hydroxylation is 1. The number of halogens is 1. The molecule has 0 radical (unpaired) electrons. The highest BCUT2D eigenvalue weighted by atomic mass is 127. The molecule has 0 aliphatic carbocycles. The van der Waals surface area contributed by atoms with Gasteiger partial charge in [-0.15, -0.1) is 4.68 Å². The Morgan fingerprint density at radius 3 is 2.92 bits per heavy atom. The molecule has 0 fully saturated rings. The van der Waals surface area contributed by atoms with Gasteiger partial charge in [-0.3, -0.25) is 0 Å². The Labute approximate surface area is 98.2 Å². The lowest BCUT2D eigenvalue weighted by atomic mass is 10.5. The molecule has 0 atom stereocenters. The normalized spacial score (nSPS) is 10.0. The maximum atomic E-state index is 4.35. The molecule has 0 aromatic carbocycles. The number of pyridine rings is 1. The lowest BCUT2D eigenvalue weighted by Crippen LogP contribution is -3.00. The third kappa shape index (κ3) is 1.80. The molecule has 13 heavy (non-hydrogen) atoms. The van der Waals surface area contributed by atoms with Gasteiger partial charge in [0.1, 0.15) is 0 Å². The highest BCUT2D eigenvalue weighted by Gasteiger charge is 2.13. The molecular formula is C8H10IN3S. The van der Waals surface area contributed by atoms with Crippen LogP contribution >= 0.6 is 11.8 Å². The molecule has 0 aliphatic heterocycles. The number of hydrogen-bond acceptors (Lipinski definition) is 2. The van der Waals surface area contributed by atoms with Gasteiger partial charge in [-0.2, -0.15) is 4.40 Å². The summed E-state index contributed by atoms with van der Waals surface area (Å²) in [5.74, 6) is 0. The summed E-state index contributed by atoms with van der Waals surface area (Å²) in [6, 6.07) is 6.07. The van der Waals surface area contributed by atoms with Crippen molar-refractivity contribution in [2.24, 2.45) is 7.05 Å². The summed E-state index contributed by atoms with van der Waals surface area (Å²) in [4.78, 5) is 0. The first kappa shape index (κ1) is 10.8. The van der Waals surface area contributed by atoms with E-state index in [4.69, 9.17) is 0 Å². The van der Waals surface area contributed by atoms with E-state index >= 15 is 0 Å². The third-order valence-electron chi connectivity index (χ3n) is 1.79. The quantitative estimate of drug-likeness (QED) is 0.342. The standard InChI is InChI=1S/C8H10N3S.HI/c1-10-7-5-3-4-6-11(7)8(9-10)12-2;/h3-6H,1-2H3;1H/q+1;/p-1. The monoisotopic (exact) mass is 307 g/mol. The second kappa shape index (κ2) is 4.28. The van der Waals surface area contributed by atoms with E-state index in [0.29, 0.717) is 0 Å². The first-order valence-electron chi connectivity index (χ1n) is 3.70. The topological polar surface area (TPSA) is 21.9 Å². The number of aromatic nitrogens is 3. The van der Waals surface area contributed by atoms with Crippen LogP contribution < -0.4 is 28.4 Å². The number of thioether (sulfide) groups is 1. The van der Waals surface area contributed by atoms with Gasteiger partial charge in [0.25, 0.3) is 5.65 Å². The third-order valence-corrected chi connectivity index (χ3v) is 2.44. The minimum Gasteiger partial charge on any atom is -1.00 e. The Morgan fingerprint density at radius 2 is 2.23 bits per heavy atom. The van der Waals surface area contributed by atoms with Crippen LogP contribution in [0.1, 0.15) is 0 Å². The molecule has 5 heteroatoms. The SMILES string of the molecule is CSc1nn(C)c2cccc[n+]12.[I-]. The van der Waals surface area contributed by atoms with Crippen LogP contribution in [0.25, 0.3) is 5.65 Å². The molecule has 2 rings (SSSR count). The highest BCUT2D eigenvalue weighted by Crippen LogP contribution is 2.06. The average molecular weight is 307 g/mol. The predicted molar refractivity (Wildman–Crippen MR) is 48.1 cm³/mol. The molecule has 0 bridgehead atoms. The molecule has 0 N–H and O–H groups in total. The zero-order chi connectivity index (χ0) is 8.55. The Kier molecular flexibility index (Phi) is 3.55. The molecule has 70 valence electrons. The molecule has 3 nitrogen and oxygen atoms in total. The summed E-state index contributed by atoms with van der Waals surface area (Å²) in [7, 11) is 1.95. The van der Waals surface area contributed by atoms with Crippen LogP contribution in [-0.4, -0.2) is 16.0 Å². The predicted octanol–water partition coefficient (Wildman–Crippen LogP) is -2.12. The number of rotatable bonds is 1.